The fourth-order valence-corrected chi connectivity index (χ4v) is 2.44. The number of nitrogens with one attached hydrogen (secondary N) is 1. The van der Waals surface area contributed by atoms with E-state index < -0.39 is 18.3 Å². The highest BCUT2D eigenvalue weighted by molar-refractivity contribution is 6.62. The average Bonchev–Trinajstić information content (AvgIpc) is 2.89. The minimum Gasteiger partial charge on any atom is -0.399 e. The molecular formula is C14H20BFN3O2+. The largest absolute Gasteiger partial charge is 0.498 e. The van der Waals surface area contributed by atoms with Crippen LogP contribution in [0.25, 0.3) is 5.52 Å². The minimum atomic E-state index is -0.696. The molecule has 1 N–H and O–H groups in total. The Morgan fingerprint density at radius 3 is 2.38 bits per heavy atom. The van der Waals surface area contributed by atoms with Crippen molar-refractivity contribution in [3.05, 3.63) is 30.3 Å². The summed E-state index contributed by atoms with van der Waals surface area (Å²) < 4.78 is 28.3. The maximum Gasteiger partial charge on any atom is 0.498 e. The highest BCUT2D eigenvalue weighted by atomic mass is 19.1. The number of hydrogen-bond acceptors (Lipinski definition) is 3. The Bertz CT molecular complexity index is 683. The van der Waals surface area contributed by atoms with Gasteiger partial charge < -0.3 is 9.31 Å². The Morgan fingerprint density at radius 2 is 1.81 bits per heavy atom. The fraction of sp³-hybridized carbons (Fsp3) is 0.500. The summed E-state index contributed by atoms with van der Waals surface area (Å²) in [7, 11) is 1.07. The number of nitrogens with zero attached hydrogens (tertiary/aromatic N) is 2. The maximum absolute atomic E-state index is 14.8. The topological polar surface area (TPSA) is 39.5 Å². The van der Waals surface area contributed by atoms with Gasteiger partial charge in [-0.15, -0.1) is 4.52 Å². The minimum absolute atomic E-state index is 0.329. The first-order chi connectivity index (χ1) is 9.77. The molecule has 0 radical (unpaired) electrons. The van der Waals surface area contributed by atoms with Crippen molar-refractivity contribution in [2.75, 3.05) is 12.5 Å². The van der Waals surface area contributed by atoms with E-state index in [1.54, 1.807) is 40.9 Å². The fourth-order valence-electron chi connectivity index (χ4n) is 2.44. The SMILES string of the molecule is CNn1ccc2c(F)c(B3OC(C)(C)C(C)(C)O3)cc[n+]21. The third kappa shape index (κ3) is 2.03. The molecule has 1 fully saturated rings. The van der Waals surface area contributed by atoms with E-state index in [0.29, 0.717) is 11.0 Å². The van der Waals surface area contributed by atoms with Crippen LogP contribution >= 0.6 is 0 Å². The first kappa shape index (κ1) is 14.3. The highest BCUT2D eigenvalue weighted by Crippen LogP contribution is 2.36. The quantitative estimate of drug-likeness (QED) is 0.658. The second kappa shape index (κ2) is 4.45. The van der Waals surface area contributed by atoms with Gasteiger partial charge in [0.25, 0.3) is 0 Å². The van der Waals surface area contributed by atoms with Crippen molar-refractivity contribution in [2.24, 2.45) is 0 Å². The van der Waals surface area contributed by atoms with Crippen molar-refractivity contribution < 1.29 is 18.2 Å². The number of fused-ring (bicyclic) bond motifs is 1. The summed E-state index contributed by atoms with van der Waals surface area (Å²) in [6.45, 7) is 7.82. The van der Waals surface area contributed by atoms with Gasteiger partial charge in [0.15, 0.2) is 11.3 Å². The lowest BCUT2D eigenvalue weighted by Crippen LogP contribution is -2.43. The molecule has 0 aromatic carbocycles. The third-order valence-electron chi connectivity index (χ3n) is 4.46. The molecule has 1 aliphatic rings. The zero-order valence-corrected chi connectivity index (χ0v) is 13.0. The molecule has 2 aromatic heterocycles. The Kier molecular flexibility index (Phi) is 3.04. The lowest BCUT2D eigenvalue weighted by molar-refractivity contribution is -0.604. The zero-order valence-electron chi connectivity index (χ0n) is 13.0. The summed E-state index contributed by atoms with van der Waals surface area (Å²) in [4.78, 5) is 1.69. The lowest BCUT2D eigenvalue weighted by Gasteiger charge is -2.32. The van der Waals surface area contributed by atoms with E-state index in [2.05, 4.69) is 5.43 Å². The van der Waals surface area contributed by atoms with Crippen molar-refractivity contribution in [1.82, 2.24) is 4.79 Å². The van der Waals surface area contributed by atoms with Crippen LogP contribution in [0.4, 0.5) is 4.39 Å². The number of pyridine rings is 1. The summed E-state index contributed by atoms with van der Waals surface area (Å²) in [6.07, 6.45) is 3.54. The van der Waals surface area contributed by atoms with E-state index in [9.17, 15) is 4.39 Å². The highest BCUT2D eigenvalue weighted by Gasteiger charge is 2.52. The van der Waals surface area contributed by atoms with Gasteiger partial charge in [-0.3, -0.25) is 0 Å². The van der Waals surface area contributed by atoms with E-state index in [4.69, 9.17) is 9.31 Å². The maximum atomic E-state index is 14.8. The van der Waals surface area contributed by atoms with Crippen molar-refractivity contribution >= 4 is 18.1 Å². The van der Waals surface area contributed by atoms with E-state index in [1.807, 2.05) is 27.7 Å². The van der Waals surface area contributed by atoms with E-state index in [-0.39, 0.29) is 5.82 Å². The van der Waals surface area contributed by atoms with E-state index in [1.165, 1.54) is 0 Å². The van der Waals surface area contributed by atoms with Gasteiger partial charge in [-0.25, -0.2) is 9.82 Å². The lowest BCUT2D eigenvalue weighted by atomic mass is 9.79. The van der Waals surface area contributed by atoms with Gasteiger partial charge in [0.05, 0.1) is 24.4 Å². The molecule has 2 aromatic rings. The second-order valence-corrected chi connectivity index (χ2v) is 6.29. The molecule has 112 valence electrons. The number of rotatable bonds is 2. The predicted molar refractivity (Wildman–Crippen MR) is 78.6 cm³/mol. The molecule has 0 spiro atoms. The molecule has 0 amide bonds. The Hall–Kier alpha value is -1.60. The molecule has 0 unspecified atom stereocenters. The molecule has 3 heterocycles. The Balaban J connectivity index is 2.05. The summed E-state index contributed by atoms with van der Waals surface area (Å²) >= 11 is 0. The molecule has 0 atom stereocenters. The van der Waals surface area contributed by atoms with Crippen LogP contribution in [0.15, 0.2) is 24.5 Å². The summed E-state index contributed by atoms with van der Waals surface area (Å²) in [5.41, 5.74) is 2.86. The van der Waals surface area contributed by atoms with Crippen molar-refractivity contribution in [1.29, 1.82) is 0 Å². The van der Waals surface area contributed by atoms with Crippen LogP contribution < -0.4 is 15.4 Å². The average molecular weight is 292 g/mol. The monoisotopic (exact) mass is 292 g/mol. The molecular weight excluding hydrogens is 272 g/mol. The van der Waals surface area contributed by atoms with Crippen LogP contribution in [-0.4, -0.2) is 30.2 Å². The first-order valence-corrected chi connectivity index (χ1v) is 7.01. The predicted octanol–water partition coefficient (Wildman–Crippen LogP) is 0.838. The van der Waals surface area contributed by atoms with Crippen molar-refractivity contribution in [3.8, 4) is 0 Å². The summed E-state index contributed by atoms with van der Waals surface area (Å²) in [5.74, 6) is -0.329. The number of aromatic nitrogens is 2. The molecule has 3 rings (SSSR count). The smallest absolute Gasteiger partial charge is 0.399 e. The second-order valence-electron chi connectivity index (χ2n) is 6.29. The van der Waals surface area contributed by atoms with Crippen LogP contribution in [0.3, 0.4) is 0 Å². The summed E-state index contributed by atoms with van der Waals surface area (Å²) in [5, 5.41) is 0. The molecule has 7 heteroatoms. The van der Waals surface area contributed by atoms with Gasteiger partial charge in [-0.2, -0.15) is 0 Å². The molecule has 21 heavy (non-hydrogen) atoms. The standard InChI is InChI=1S/C14H20BFN3O2/c1-13(2)14(3,4)21-15(20-13)10-6-8-18-11(12(10)16)7-9-19(18)17-5/h6-9,17H,1-5H3/q+1. The summed E-state index contributed by atoms with van der Waals surface area (Å²) in [6, 6.07) is 3.40. The number of halogens is 1. The number of hydrogen-bond donors (Lipinski definition) is 1. The van der Waals surface area contributed by atoms with Crippen LogP contribution in [0.5, 0.6) is 0 Å². The van der Waals surface area contributed by atoms with Gasteiger partial charge >= 0.3 is 7.12 Å². The van der Waals surface area contributed by atoms with Gasteiger partial charge in [0.1, 0.15) is 6.20 Å². The molecule has 5 nitrogen and oxygen atoms in total. The molecule has 1 saturated heterocycles. The normalized spacial score (nSPS) is 20.2. The Morgan fingerprint density at radius 1 is 1.19 bits per heavy atom. The van der Waals surface area contributed by atoms with Crippen molar-refractivity contribution in [3.63, 3.8) is 0 Å². The third-order valence-corrected chi connectivity index (χ3v) is 4.46. The molecule has 0 aliphatic carbocycles. The van der Waals surface area contributed by atoms with Crippen LogP contribution in [0, 0.1) is 5.82 Å². The molecule has 1 aliphatic heterocycles. The van der Waals surface area contributed by atoms with Crippen molar-refractivity contribution in [2.45, 2.75) is 38.9 Å². The molecule has 0 saturated carbocycles. The van der Waals surface area contributed by atoms with E-state index >= 15 is 0 Å². The van der Waals surface area contributed by atoms with Gasteiger partial charge in [0, 0.05) is 11.5 Å². The van der Waals surface area contributed by atoms with Gasteiger partial charge in [-0.05, 0) is 33.8 Å². The van der Waals surface area contributed by atoms with Crippen LogP contribution in [0.1, 0.15) is 27.7 Å². The van der Waals surface area contributed by atoms with Gasteiger partial charge in [0.2, 0.25) is 0 Å². The zero-order chi connectivity index (χ0) is 15.4. The Labute approximate surface area is 123 Å². The van der Waals surface area contributed by atoms with Gasteiger partial charge in [-0.1, -0.05) is 4.79 Å². The van der Waals surface area contributed by atoms with E-state index in [0.717, 1.165) is 0 Å². The molecule has 0 bridgehead atoms. The van der Waals surface area contributed by atoms with Crippen LogP contribution in [0.2, 0.25) is 0 Å². The van der Waals surface area contributed by atoms with Crippen LogP contribution in [-0.2, 0) is 9.31 Å². The first-order valence-electron chi connectivity index (χ1n) is 7.01.